The molecule has 4 rings (SSSR count). The SMILES string of the molecule is CC(C)S(=O)(=O)c1ccc(-c2cnc(N)c(-c3cc(-c4ccc(CNS(=O)(=O)NC(=O)OC(C)(C)C)cc4)no3)n2)cc1. The second-order valence-corrected chi connectivity index (χ2v) is 14.8. The number of nitrogens with zero attached hydrogens (tertiary/aromatic N) is 3. The summed E-state index contributed by atoms with van der Waals surface area (Å²) in [5, 5.41) is 3.56. The molecule has 0 radical (unpaired) electrons. The zero-order valence-corrected chi connectivity index (χ0v) is 25.8. The minimum atomic E-state index is -4.13. The van der Waals surface area contributed by atoms with Crippen molar-refractivity contribution >= 4 is 32.0 Å². The number of anilines is 1. The maximum atomic E-state index is 12.4. The first-order chi connectivity index (χ1) is 20.0. The van der Waals surface area contributed by atoms with E-state index in [2.05, 4.69) is 19.8 Å². The maximum absolute atomic E-state index is 12.4. The first-order valence-corrected chi connectivity index (χ1v) is 16.1. The summed E-state index contributed by atoms with van der Waals surface area (Å²) in [5.74, 6) is 0.388. The van der Waals surface area contributed by atoms with E-state index in [0.29, 0.717) is 28.1 Å². The molecule has 2 aromatic carbocycles. The molecule has 15 heteroatoms. The highest BCUT2D eigenvalue weighted by molar-refractivity contribution is 7.92. The summed E-state index contributed by atoms with van der Waals surface area (Å²) >= 11 is 0. The van der Waals surface area contributed by atoms with E-state index in [1.165, 1.54) is 18.3 Å². The Morgan fingerprint density at radius 1 is 0.977 bits per heavy atom. The van der Waals surface area contributed by atoms with Gasteiger partial charge in [-0.2, -0.15) is 13.1 Å². The fraction of sp³-hybridized carbons (Fsp3) is 0.286. The van der Waals surface area contributed by atoms with Crippen molar-refractivity contribution in [2.24, 2.45) is 0 Å². The van der Waals surface area contributed by atoms with Gasteiger partial charge < -0.3 is 15.0 Å². The van der Waals surface area contributed by atoms with Gasteiger partial charge in [0.15, 0.2) is 27.1 Å². The summed E-state index contributed by atoms with van der Waals surface area (Å²) in [5.41, 5.74) is 8.38. The van der Waals surface area contributed by atoms with Crippen molar-refractivity contribution in [1.29, 1.82) is 0 Å². The number of carbonyl (C=O) groups excluding carboxylic acids is 1. The van der Waals surface area contributed by atoms with Gasteiger partial charge in [-0.05, 0) is 52.3 Å². The van der Waals surface area contributed by atoms with Gasteiger partial charge >= 0.3 is 16.3 Å². The molecule has 0 spiro atoms. The lowest BCUT2D eigenvalue weighted by Gasteiger charge is -2.19. The molecule has 2 heterocycles. The van der Waals surface area contributed by atoms with E-state index in [0.717, 1.165) is 0 Å². The van der Waals surface area contributed by atoms with Crippen LogP contribution in [0, 0.1) is 0 Å². The zero-order valence-electron chi connectivity index (χ0n) is 24.2. The first-order valence-electron chi connectivity index (χ1n) is 13.1. The van der Waals surface area contributed by atoms with Crippen LogP contribution in [0.15, 0.2) is 70.2 Å². The van der Waals surface area contributed by atoms with Gasteiger partial charge in [0.25, 0.3) is 0 Å². The lowest BCUT2D eigenvalue weighted by atomic mass is 10.1. The number of sulfone groups is 1. The Morgan fingerprint density at radius 2 is 1.58 bits per heavy atom. The van der Waals surface area contributed by atoms with Gasteiger partial charge in [-0.3, -0.25) is 0 Å². The molecular formula is C28H32N6O7S2. The number of nitrogens with one attached hydrogen (secondary N) is 2. The molecule has 0 saturated heterocycles. The predicted octanol–water partition coefficient (Wildman–Crippen LogP) is 4.09. The molecule has 0 fully saturated rings. The molecular weight excluding hydrogens is 596 g/mol. The summed E-state index contributed by atoms with van der Waals surface area (Å²) in [6.45, 7) is 8.04. The minimum Gasteiger partial charge on any atom is -0.443 e. The van der Waals surface area contributed by atoms with E-state index >= 15 is 0 Å². The molecule has 0 unspecified atom stereocenters. The van der Waals surface area contributed by atoms with Crippen LogP contribution in [0.25, 0.3) is 34.0 Å². The molecule has 4 aromatic rings. The fourth-order valence-corrected chi connectivity index (χ4v) is 5.50. The van der Waals surface area contributed by atoms with Crippen LogP contribution in [0.1, 0.15) is 40.2 Å². The number of benzene rings is 2. The zero-order chi connectivity index (χ0) is 31.6. The average Bonchev–Trinajstić information content (AvgIpc) is 3.41. The Balaban J connectivity index is 1.46. The predicted molar refractivity (Wildman–Crippen MR) is 160 cm³/mol. The van der Waals surface area contributed by atoms with Crippen molar-refractivity contribution < 1.29 is 30.9 Å². The van der Waals surface area contributed by atoms with Crippen LogP contribution >= 0.6 is 0 Å². The highest BCUT2D eigenvalue weighted by atomic mass is 32.2. The second kappa shape index (κ2) is 12.1. The van der Waals surface area contributed by atoms with Crippen LogP contribution in [0.2, 0.25) is 0 Å². The number of rotatable bonds is 9. The van der Waals surface area contributed by atoms with Crippen LogP contribution in [-0.2, 0) is 31.3 Å². The lowest BCUT2D eigenvalue weighted by Crippen LogP contribution is -2.42. The summed E-state index contributed by atoms with van der Waals surface area (Å²) in [7, 11) is -7.54. The van der Waals surface area contributed by atoms with E-state index < -0.39 is 37.0 Å². The van der Waals surface area contributed by atoms with Gasteiger partial charge in [0, 0.05) is 23.7 Å². The molecule has 0 saturated carbocycles. The van der Waals surface area contributed by atoms with Gasteiger partial charge in [0.05, 0.1) is 22.0 Å². The quantitative estimate of drug-likeness (QED) is 0.241. The number of nitrogens with two attached hydrogens (primary N) is 1. The van der Waals surface area contributed by atoms with Gasteiger partial charge in [-0.1, -0.05) is 41.6 Å². The summed E-state index contributed by atoms with van der Waals surface area (Å²) in [4.78, 5) is 20.8. The monoisotopic (exact) mass is 628 g/mol. The molecule has 43 heavy (non-hydrogen) atoms. The van der Waals surface area contributed by atoms with Crippen molar-refractivity contribution in [2.75, 3.05) is 5.73 Å². The number of hydrogen-bond acceptors (Lipinski definition) is 11. The van der Waals surface area contributed by atoms with Crippen LogP contribution in [0.5, 0.6) is 0 Å². The Hall–Kier alpha value is -4.34. The highest BCUT2D eigenvalue weighted by Crippen LogP contribution is 2.30. The Labute approximate surface area is 250 Å². The van der Waals surface area contributed by atoms with E-state index in [-0.39, 0.29) is 28.7 Å². The molecule has 0 aliphatic carbocycles. The molecule has 2 aromatic heterocycles. The Morgan fingerprint density at radius 3 is 2.19 bits per heavy atom. The molecule has 0 atom stereocenters. The van der Waals surface area contributed by atoms with E-state index in [1.54, 1.807) is 81.8 Å². The number of hydrogen-bond donors (Lipinski definition) is 3. The normalized spacial score (nSPS) is 12.3. The molecule has 13 nitrogen and oxygen atoms in total. The topological polar surface area (TPSA) is 196 Å². The van der Waals surface area contributed by atoms with E-state index in [4.69, 9.17) is 15.0 Å². The first kappa shape index (κ1) is 31.6. The van der Waals surface area contributed by atoms with Crippen LogP contribution in [-0.4, -0.2) is 48.9 Å². The maximum Gasteiger partial charge on any atom is 0.422 e. The molecule has 0 aliphatic heterocycles. The number of ether oxygens (including phenoxy) is 1. The van der Waals surface area contributed by atoms with Gasteiger partial charge in [-0.15, -0.1) is 0 Å². The number of amides is 1. The summed E-state index contributed by atoms with van der Waals surface area (Å²) in [6, 6.07) is 14.8. The van der Waals surface area contributed by atoms with Crippen molar-refractivity contribution in [2.45, 2.75) is 56.9 Å². The van der Waals surface area contributed by atoms with Crippen molar-refractivity contribution in [1.82, 2.24) is 24.6 Å². The van der Waals surface area contributed by atoms with Crippen molar-refractivity contribution in [3.8, 4) is 34.0 Å². The third-order valence-electron chi connectivity index (χ3n) is 5.98. The van der Waals surface area contributed by atoms with Crippen LogP contribution in [0.3, 0.4) is 0 Å². The second-order valence-electron chi connectivity index (χ2n) is 10.8. The minimum absolute atomic E-state index is 0.0776. The summed E-state index contributed by atoms with van der Waals surface area (Å²) in [6.07, 6.45) is 0.404. The van der Waals surface area contributed by atoms with Gasteiger partial charge in [0.2, 0.25) is 0 Å². The standard InChI is InChI=1S/C28H32N6O7S2/c1-17(2)42(36,37)21-12-10-20(11-13-21)23-16-30-26(29)25(32-23)24-14-22(33-41-24)19-8-6-18(7-9-19)15-31-43(38,39)34-27(35)40-28(3,4)5/h6-14,16-17,31H,15H2,1-5H3,(H2,29,30)(H,34,35). The molecule has 0 bridgehead atoms. The van der Waals surface area contributed by atoms with Crippen LogP contribution < -0.4 is 15.2 Å². The van der Waals surface area contributed by atoms with E-state index in [1.807, 2.05) is 0 Å². The summed E-state index contributed by atoms with van der Waals surface area (Å²) < 4.78 is 63.7. The number of nitrogen functional groups attached to an aromatic ring is 1. The van der Waals surface area contributed by atoms with Crippen molar-refractivity contribution in [3.05, 3.63) is 66.4 Å². The van der Waals surface area contributed by atoms with Gasteiger partial charge in [0.1, 0.15) is 11.3 Å². The van der Waals surface area contributed by atoms with Crippen LogP contribution in [0.4, 0.5) is 10.6 Å². The molecule has 228 valence electrons. The van der Waals surface area contributed by atoms with Gasteiger partial charge in [-0.25, -0.2) is 27.9 Å². The average molecular weight is 629 g/mol. The molecule has 1 amide bonds. The fourth-order valence-electron chi connectivity index (χ4n) is 3.75. The number of carbonyl (C=O) groups is 1. The Kier molecular flexibility index (Phi) is 8.89. The molecule has 4 N–H and O–H groups in total. The largest absolute Gasteiger partial charge is 0.443 e. The van der Waals surface area contributed by atoms with Crippen molar-refractivity contribution in [3.63, 3.8) is 0 Å². The number of aromatic nitrogens is 3. The highest BCUT2D eigenvalue weighted by Gasteiger charge is 2.22. The third kappa shape index (κ3) is 7.94. The molecule has 0 aliphatic rings. The van der Waals surface area contributed by atoms with E-state index in [9.17, 15) is 21.6 Å². The third-order valence-corrected chi connectivity index (χ3v) is 9.11. The Bertz CT molecular complexity index is 1830. The smallest absolute Gasteiger partial charge is 0.422 e. The lowest BCUT2D eigenvalue weighted by molar-refractivity contribution is 0.0569.